The maximum atomic E-state index is 12.3. The number of nitrogens with one attached hydrogen (secondary N) is 1. The van der Waals surface area contributed by atoms with Crippen molar-refractivity contribution in [3.63, 3.8) is 0 Å². The number of hydrogen-bond acceptors (Lipinski definition) is 4. The maximum absolute atomic E-state index is 12.3. The largest absolute Gasteiger partial charge is 0.494 e. The fourth-order valence-electron chi connectivity index (χ4n) is 2.25. The molecule has 1 N–H and O–H groups in total. The Bertz CT molecular complexity index is 474. The van der Waals surface area contributed by atoms with Crippen LogP contribution in [0.2, 0.25) is 0 Å². The van der Waals surface area contributed by atoms with Crippen molar-refractivity contribution in [2.24, 2.45) is 0 Å². The molecule has 1 aromatic carbocycles. The molecule has 0 saturated heterocycles. The van der Waals surface area contributed by atoms with Crippen LogP contribution in [0, 0.1) is 0 Å². The molecule has 1 amide bonds. The highest BCUT2D eigenvalue weighted by atomic mass is 16.5. The van der Waals surface area contributed by atoms with Crippen molar-refractivity contribution >= 4 is 11.6 Å². The highest BCUT2D eigenvalue weighted by Crippen LogP contribution is 2.21. The quantitative estimate of drug-likeness (QED) is 0.672. The summed E-state index contributed by atoms with van der Waals surface area (Å²) in [6.07, 6.45) is 2.55. The molecule has 0 heterocycles. The van der Waals surface area contributed by atoms with Crippen molar-refractivity contribution in [3.05, 3.63) is 24.3 Å². The molecule has 130 valence electrons. The Kier molecular flexibility index (Phi) is 8.06. The van der Waals surface area contributed by atoms with Crippen LogP contribution in [0.5, 0.6) is 5.75 Å². The zero-order chi connectivity index (χ0) is 17.3. The summed E-state index contributed by atoms with van der Waals surface area (Å²) >= 11 is 0. The standard InChI is InChI=1S/C18H30N2O3/c1-6-12-18(2,22-5)17(21)19-15-8-10-16(11-9-15)23-14-7-13-20(3)4/h8-11H,6-7,12-14H2,1-5H3,(H,19,21)/t18-/m0/s1. The van der Waals surface area contributed by atoms with E-state index >= 15 is 0 Å². The summed E-state index contributed by atoms with van der Waals surface area (Å²) in [6, 6.07) is 7.44. The Hall–Kier alpha value is -1.59. The molecule has 0 bridgehead atoms. The van der Waals surface area contributed by atoms with Crippen LogP contribution in [0.1, 0.15) is 33.1 Å². The highest BCUT2D eigenvalue weighted by Gasteiger charge is 2.31. The predicted octanol–water partition coefficient (Wildman–Crippen LogP) is 3.16. The lowest BCUT2D eigenvalue weighted by molar-refractivity contribution is -0.136. The number of benzene rings is 1. The van der Waals surface area contributed by atoms with Crippen LogP contribution in [0.25, 0.3) is 0 Å². The minimum atomic E-state index is -0.796. The average Bonchev–Trinajstić information content (AvgIpc) is 2.53. The van der Waals surface area contributed by atoms with Gasteiger partial charge in [0, 0.05) is 19.3 Å². The Balaban J connectivity index is 2.51. The van der Waals surface area contributed by atoms with Crippen molar-refractivity contribution in [1.29, 1.82) is 0 Å². The predicted molar refractivity (Wildman–Crippen MR) is 94.1 cm³/mol. The molecular formula is C18H30N2O3. The third-order valence-corrected chi connectivity index (χ3v) is 3.79. The van der Waals surface area contributed by atoms with E-state index in [1.54, 1.807) is 7.11 Å². The lowest BCUT2D eigenvalue weighted by Gasteiger charge is -2.26. The van der Waals surface area contributed by atoms with Gasteiger partial charge in [-0.05, 0) is 58.1 Å². The molecule has 0 aliphatic rings. The van der Waals surface area contributed by atoms with Crippen molar-refractivity contribution in [2.45, 2.75) is 38.7 Å². The SMILES string of the molecule is CCC[C@](C)(OC)C(=O)Nc1ccc(OCCCN(C)C)cc1. The molecule has 23 heavy (non-hydrogen) atoms. The number of anilines is 1. The minimum Gasteiger partial charge on any atom is -0.494 e. The molecule has 1 rings (SSSR count). The normalized spacial score (nSPS) is 13.7. The number of amides is 1. The Morgan fingerprint density at radius 1 is 1.26 bits per heavy atom. The minimum absolute atomic E-state index is 0.124. The second-order valence-electron chi connectivity index (χ2n) is 6.17. The molecule has 0 aliphatic heterocycles. The van der Waals surface area contributed by atoms with E-state index in [9.17, 15) is 4.79 Å². The van der Waals surface area contributed by atoms with Crippen molar-refractivity contribution in [2.75, 3.05) is 39.7 Å². The Morgan fingerprint density at radius 2 is 1.91 bits per heavy atom. The van der Waals surface area contributed by atoms with Crippen LogP contribution in [-0.4, -0.2) is 50.8 Å². The van der Waals surface area contributed by atoms with Gasteiger partial charge in [0.25, 0.3) is 5.91 Å². The molecular weight excluding hydrogens is 292 g/mol. The van der Waals surface area contributed by atoms with E-state index in [4.69, 9.17) is 9.47 Å². The second-order valence-corrected chi connectivity index (χ2v) is 6.17. The lowest BCUT2D eigenvalue weighted by atomic mass is 9.99. The maximum Gasteiger partial charge on any atom is 0.256 e. The summed E-state index contributed by atoms with van der Waals surface area (Å²) < 4.78 is 11.1. The molecule has 5 heteroatoms. The summed E-state index contributed by atoms with van der Waals surface area (Å²) in [5.74, 6) is 0.686. The van der Waals surface area contributed by atoms with E-state index < -0.39 is 5.60 Å². The number of carbonyl (C=O) groups is 1. The van der Waals surface area contributed by atoms with Crippen LogP contribution >= 0.6 is 0 Å². The van der Waals surface area contributed by atoms with Crippen LogP contribution in [0.3, 0.4) is 0 Å². The van der Waals surface area contributed by atoms with Gasteiger partial charge in [-0.3, -0.25) is 4.79 Å². The monoisotopic (exact) mass is 322 g/mol. The van der Waals surface area contributed by atoms with Crippen LogP contribution < -0.4 is 10.1 Å². The average molecular weight is 322 g/mol. The van der Waals surface area contributed by atoms with Crippen molar-refractivity contribution in [1.82, 2.24) is 4.90 Å². The third kappa shape index (κ3) is 6.59. The molecule has 0 fully saturated rings. The number of carbonyl (C=O) groups excluding carboxylic acids is 1. The molecule has 0 saturated carbocycles. The van der Waals surface area contributed by atoms with E-state index in [0.717, 1.165) is 30.8 Å². The first-order valence-electron chi connectivity index (χ1n) is 8.15. The zero-order valence-corrected chi connectivity index (χ0v) is 15.0. The van der Waals surface area contributed by atoms with Crippen molar-refractivity contribution < 1.29 is 14.3 Å². The van der Waals surface area contributed by atoms with E-state index in [1.807, 2.05) is 52.2 Å². The van der Waals surface area contributed by atoms with E-state index in [0.29, 0.717) is 13.0 Å². The van der Waals surface area contributed by atoms with Crippen LogP contribution in [0.15, 0.2) is 24.3 Å². The summed E-state index contributed by atoms with van der Waals surface area (Å²) in [7, 11) is 5.66. The van der Waals surface area contributed by atoms with Gasteiger partial charge in [-0.1, -0.05) is 13.3 Å². The molecule has 0 aromatic heterocycles. The van der Waals surface area contributed by atoms with E-state index in [2.05, 4.69) is 10.2 Å². The number of methoxy groups -OCH3 is 1. The number of hydrogen-bond donors (Lipinski definition) is 1. The van der Waals surface area contributed by atoms with Gasteiger partial charge < -0.3 is 19.7 Å². The fourth-order valence-corrected chi connectivity index (χ4v) is 2.25. The lowest BCUT2D eigenvalue weighted by Crippen LogP contribution is -2.41. The summed E-state index contributed by atoms with van der Waals surface area (Å²) in [5, 5.41) is 2.90. The number of rotatable bonds is 10. The van der Waals surface area contributed by atoms with Gasteiger partial charge in [-0.25, -0.2) is 0 Å². The second kappa shape index (κ2) is 9.53. The van der Waals surface area contributed by atoms with Gasteiger partial charge in [0.05, 0.1) is 6.61 Å². The van der Waals surface area contributed by atoms with Gasteiger partial charge in [0.1, 0.15) is 11.4 Å². The molecule has 1 aromatic rings. The first kappa shape index (κ1) is 19.5. The van der Waals surface area contributed by atoms with Crippen molar-refractivity contribution in [3.8, 4) is 5.75 Å². The van der Waals surface area contributed by atoms with Gasteiger partial charge in [0.2, 0.25) is 0 Å². The van der Waals surface area contributed by atoms with Gasteiger partial charge >= 0.3 is 0 Å². The number of ether oxygens (including phenoxy) is 2. The van der Waals surface area contributed by atoms with Gasteiger partial charge in [-0.2, -0.15) is 0 Å². The summed E-state index contributed by atoms with van der Waals surface area (Å²) in [5.41, 5.74) is -0.0501. The first-order chi connectivity index (χ1) is 10.9. The zero-order valence-electron chi connectivity index (χ0n) is 15.0. The van der Waals surface area contributed by atoms with E-state index in [-0.39, 0.29) is 5.91 Å². The molecule has 0 aliphatic carbocycles. The van der Waals surface area contributed by atoms with Crippen LogP contribution in [-0.2, 0) is 9.53 Å². The van der Waals surface area contributed by atoms with Gasteiger partial charge in [-0.15, -0.1) is 0 Å². The smallest absolute Gasteiger partial charge is 0.256 e. The summed E-state index contributed by atoms with van der Waals surface area (Å²) in [4.78, 5) is 14.5. The fraction of sp³-hybridized carbons (Fsp3) is 0.611. The molecule has 0 radical (unpaired) electrons. The van der Waals surface area contributed by atoms with E-state index in [1.165, 1.54) is 0 Å². The summed E-state index contributed by atoms with van der Waals surface area (Å²) in [6.45, 7) is 5.53. The highest BCUT2D eigenvalue weighted by molar-refractivity contribution is 5.97. The number of nitrogens with zero attached hydrogens (tertiary/aromatic N) is 1. The Labute approximate surface area is 140 Å². The van der Waals surface area contributed by atoms with Gasteiger partial charge in [0.15, 0.2) is 0 Å². The molecule has 0 unspecified atom stereocenters. The Morgan fingerprint density at radius 3 is 2.43 bits per heavy atom. The molecule has 5 nitrogen and oxygen atoms in total. The topological polar surface area (TPSA) is 50.8 Å². The third-order valence-electron chi connectivity index (χ3n) is 3.79. The molecule has 1 atom stereocenters. The van der Waals surface area contributed by atoms with Crippen LogP contribution in [0.4, 0.5) is 5.69 Å². The molecule has 0 spiro atoms. The first-order valence-corrected chi connectivity index (χ1v) is 8.15.